The van der Waals surface area contributed by atoms with Gasteiger partial charge in [-0.05, 0) is 50.2 Å². The van der Waals surface area contributed by atoms with Crippen molar-refractivity contribution >= 4 is 27.8 Å². The van der Waals surface area contributed by atoms with E-state index in [-0.39, 0.29) is 17.8 Å². The highest BCUT2D eigenvalue weighted by Crippen LogP contribution is 2.28. The van der Waals surface area contributed by atoms with E-state index in [1.54, 1.807) is 12.4 Å². The summed E-state index contributed by atoms with van der Waals surface area (Å²) >= 11 is 0. The molecule has 0 aliphatic carbocycles. The molecule has 0 bridgehead atoms. The van der Waals surface area contributed by atoms with Gasteiger partial charge in [-0.2, -0.15) is 5.10 Å². The van der Waals surface area contributed by atoms with Crippen LogP contribution in [0.5, 0.6) is 0 Å². The molecule has 0 saturated heterocycles. The van der Waals surface area contributed by atoms with Gasteiger partial charge in [0, 0.05) is 29.0 Å². The summed E-state index contributed by atoms with van der Waals surface area (Å²) in [6.45, 7) is 3.83. The van der Waals surface area contributed by atoms with Crippen LogP contribution in [0.4, 0.5) is 0 Å². The van der Waals surface area contributed by atoms with Crippen LogP contribution in [-0.4, -0.2) is 36.0 Å². The van der Waals surface area contributed by atoms with E-state index in [1.807, 2.05) is 56.3 Å². The molecule has 0 unspecified atom stereocenters. The van der Waals surface area contributed by atoms with Crippen molar-refractivity contribution in [1.29, 1.82) is 0 Å². The van der Waals surface area contributed by atoms with Gasteiger partial charge in [0.2, 0.25) is 0 Å². The van der Waals surface area contributed by atoms with Crippen molar-refractivity contribution in [2.45, 2.75) is 19.9 Å². The van der Waals surface area contributed by atoms with E-state index in [0.717, 1.165) is 39.1 Å². The highest BCUT2D eigenvalue weighted by molar-refractivity contribution is 6.02. The molecule has 5 aromatic rings. The van der Waals surface area contributed by atoms with Crippen molar-refractivity contribution in [3.63, 3.8) is 0 Å². The number of carbonyl (C=O) groups is 1. The lowest BCUT2D eigenvalue weighted by Crippen LogP contribution is -2.28. The van der Waals surface area contributed by atoms with Gasteiger partial charge in [-0.25, -0.2) is 4.98 Å². The lowest BCUT2D eigenvalue weighted by Gasteiger charge is -2.12. The molecule has 0 saturated carbocycles. The lowest BCUT2D eigenvalue weighted by molar-refractivity contribution is 0.0930. The van der Waals surface area contributed by atoms with Gasteiger partial charge in [0.1, 0.15) is 5.69 Å². The molecule has 30 heavy (non-hydrogen) atoms. The van der Waals surface area contributed by atoms with Gasteiger partial charge in [-0.1, -0.05) is 6.07 Å². The summed E-state index contributed by atoms with van der Waals surface area (Å²) in [6.07, 6.45) is 3.46. The number of carbonyl (C=O) groups excluding carboxylic acids is 1. The number of aryl methyl sites for hydroxylation is 1. The van der Waals surface area contributed by atoms with Crippen LogP contribution in [0.15, 0.2) is 54.9 Å². The minimum atomic E-state index is -0.279. The first kappa shape index (κ1) is 18.0. The van der Waals surface area contributed by atoms with Crippen LogP contribution >= 0.6 is 0 Å². The topological polar surface area (TPSA) is 112 Å². The Bertz CT molecular complexity index is 1370. The number of fused-ring (bicyclic) bond motifs is 2. The summed E-state index contributed by atoms with van der Waals surface area (Å²) in [7, 11) is 0. The maximum Gasteiger partial charge on any atom is 0.287 e. The van der Waals surface area contributed by atoms with Crippen LogP contribution in [0.2, 0.25) is 0 Å². The third kappa shape index (κ3) is 3.18. The summed E-state index contributed by atoms with van der Waals surface area (Å²) in [4.78, 5) is 28.9. The van der Waals surface area contributed by atoms with Crippen molar-refractivity contribution in [3.8, 4) is 11.3 Å². The molecule has 148 valence electrons. The molecule has 1 amide bonds. The Balaban J connectivity index is 1.46. The molecular formula is C22H19N7O. The fraction of sp³-hybridized carbons (Fsp3) is 0.136. The van der Waals surface area contributed by atoms with Gasteiger partial charge in [-0.15, -0.1) is 0 Å². The maximum absolute atomic E-state index is 12.7. The van der Waals surface area contributed by atoms with Crippen molar-refractivity contribution < 1.29 is 4.79 Å². The van der Waals surface area contributed by atoms with Crippen molar-refractivity contribution in [2.75, 3.05) is 0 Å². The van der Waals surface area contributed by atoms with E-state index < -0.39 is 0 Å². The fourth-order valence-corrected chi connectivity index (χ4v) is 3.50. The molecule has 8 nitrogen and oxygen atoms in total. The maximum atomic E-state index is 12.7. The van der Waals surface area contributed by atoms with Crippen molar-refractivity contribution in [3.05, 3.63) is 72.1 Å². The highest BCUT2D eigenvalue weighted by atomic mass is 16.2. The number of amides is 1. The van der Waals surface area contributed by atoms with Crippen LogP contribution < -0.4 is 5.32 Å². The van der Waals surface area contributed by atoms with Gasteiger partial charge < -0.3 is 10.3 Å². The van der Waals surface area contributed by atoms with E-state index in [4.69, 9.17) is 0 Å². The molecule has 4 heterocycles. The number of hydrogen-bond donors (Lipinski definition) is 3. The molecule has 4 aromatic heterocycles. The summed E-state index contributed by atoms with van der Waals surface area (Å²) in [5, 5.41) is 11.4. The zero-order chi connectivity index (χ0) is 20.7. The second kappa shape index (κ2) is 7.07. The number of pyridine rings is 2. The Morgan fingerprint density at radius 1 is 1.07 bits per heavy atom. The zero-order valence-electron chi connectivity index (χ0n) is 16.5. The van der Waals surface area contributed by atoms with Gasteiger partial charge in [0.25, 0.3) is 5.91 Å². The first-order chi connectivity index (χ1) is 14.6. The summed E-state index contributed by atoms with van der Waals surface area (Å²) in [6, 6.07) is 13.2. The summed E-state index contributed by atoms with van der Waals surface area (Å²) in [5.74, 6) is -0.0197. The molecule has 0 aliphatic rings. The smallest absolute Gasteiger partial charge is 0.287 e. The number of benzene rings is 1. The third-order valence-electron chi connectivity index (χ3n) is 5.03. The molecule has 0 spiro atoms. The van der Waals surface area contributed by atoms with Gasteiger partial charge in [0.15, 0.2) is 5.82 Å². The Morgan fingerprint density at radius 2 is 1.90 bits per heavy atom. The standard InChI is InChI=1S/C22H19N7O/c1-12-4-3-5-16(24-12)13(2)25-22(30)21-26-18-10-15-17(11-19(18)27-21)28-29-20(15)14-6-8-23-9-7-14/h3-11,13H,1-2H3,(H,25,30)(H,26,27)(H,28,29)/t13-/m1/s1. The molecule has 8 heteroatoms. The van der Waals surface area contributed by atoms with Crippen molar-refractivity contribution in [2.24, 2.45) is 0 Å². The number of nitrogens with zero attached hydrogens (tertiary/aromatic N) is 4. The Morgan fingerprint density at radius 3 is 2.70 bits per heavy atom. The van der Waals surface area contributed by atoms with E-state index in [1.165, 1.54) is 0 Å². The number of aromatic nitrogens is 6. The predicted molar refractivity (Wildman–Crippen MR) is 114 cm³/mol. The molecule has 1 aromatic carbocycles. The Hall–Kier alpha value is -4.07. The number of imidazole rings is 1. The second-order valence-corrected chi connectivity index (χ2v) is 7.21. The third-order valence-corrected chi connectivity index (χ3v) is 5.03. The molecule has 0 fully saturated rings. The lowest BCUT2D eigenvalue weighted by atomic mass is 10.1. The van der Waals surface area contributed by atoms with E-state index >= 15 is 0 Å². The Kier molecular flexibility index (Phi) is 4.24. The number of H-pyrrole nitrogens is 2. The summed E-state index contributed by atoms with van der Waals surface area (Å²) in [5.41, 5.74) is 5.82. The Labute approximate surface area is 171 Å². The van der Waals surface area contributed by atoms with Crippen molar-refractivity contribution in [1.82, 2.24) is 35.5 Å². The second-order valence-electron chi connectivity index (χ2n) is 7.21. The highest BCUT2D eigenvalue weighted by Gasteiger charge is 2.17. The van der Waals surface area contributed by atoms with Crippen LogP contribution in [0.3, 0.4) is 0 Å². The predicted octanol–water partition coefficient (Wildman–Crippen LogP) is 3.70. The molecule has 0 aliphatic heterocycles. The van der Waals surface area contributed by atoms with E-state index in [9.17, 15) is 4.79 Å². The van der Waals surface area contributed by atoms with Crippen LogP contribution in [0.25, 0.3) is 33.2 Å². The first-order valence-corrected chi connectivity index (χ1v) is 9.61. The molecule has 0 radical (unpaired) electrons. The quantitative estimate of drug-likeness (QED) is 0.428. The average molecular weight is 397 g/mol. The average Bonchev–Trinajstić information content (AvgIpc) is 3.36. The summed E-state index contributed by atoms with van der Waals surface area (Å²) < 4.78 is 0. The fourth-order valence-electron chi connectivity index (χ4n) is 3.50. The normalized spacial score (nSPS) is 12.3. The van der Waals surface area contributed by atoms with Gasteiger partial charge in [-0.3, -0.25) is 19.9 Å². The number of aromatic amines is 2. The monoisotopic (exact) mass is 397 g/mol. The number of rotatable bonds is 4. The zero-order valence-corrected chi connectivity index (χ0v) is 16.5. The van der Waals surface area contributed by atoms with Gasteiger partial charge >= 0.3 is 0 Å². The molecule has 3 N–H and O–H groups in total. The molecule has 1 atom stereocenters. The van der Waals surface area contributed by atoms with E-state index in [2.05, 4.69) is 35.5 Å². The largest absolute Gasteiger partial charge is 0.341 e. The molecular weight excluding hydrogens is 378 g/mol. The van der Waals surface area contributed by atoms with Gasteiger partial charge in [0.05, 0.1) is 28.3 Å². The van der Waals surface area contributed by atoms with Crippen LogP contribution in [0, 0.1) is 6.92 Å². The SMILES string of the molecule is Cc1cccc([C@@H](C)NC(=O)c2nc3cc4c(-c5ccncc5)n[nH]c4cc3[nH]2)n1. The minimum absolute atomic E-state index is 0.234. The van der Waals surface area contributed by atoms with Crippen LogP contribution in [0.1, 0.15) is 35.0 Å². The van der Waals surface area contributed by atoms with E-state index in [0.29, 0.717) is 5.52 Å². The first-order valence-electron chi connectivity index (χ1n) is 9.61. The number of hydrogen-bond acceptors (Lipinski definition) is 5. The molecule has 5 rings (SSSR count). The van der Waals surface area contributed by atoms with Crippen LogP contribution in [-0.2, 0) is 0 Å². The number of nitrogens with one attached hydrogen (secondary N) is 3. The minimum Gasteiger partial charge on any atom is -0.341 e.